The Hall–Kier alpha value is -1.39. The summed E-state index contributed by atoms with van der Waals surface area (Å²) in [4.78, 5) is 2.76. The molecule has 0 radical (unpaired) electrons. The van der Waals surface area contributed by atoms with Crippen LogP contribution in [-0.2, 0) is 13.0 Å². The molecule has 0 aliphatic rings. The zero-order valence-corrected chi connectivity index (χ0v) is 12.4. The first-order valence-corrected chi connectivity index (χ1v) is 6.98. The first-order valence-electron chi connectivity index (χ1n) is 6.57. The van der Waals surface area contributed by atoms with Crippen LogP contribution in [0.5, 0.6) is 0 Å². The van der Waals surface area contributed by atoms with Crippen molar-refractivity contribution in [1.29, 1.82) is 0 Å². The van der Waals surface area contributed by atoms with Crippen molar-refractivity contribution in [2.75, 3.05) is 20.6 Å². The van der Waals surface area contributed by atoms with Gasteiger partial charge in [-0.15, -0.1) is 0 Å². The number of nitrogens with zero attached hydrogens (tertiary/aromatic N) is 2. The molecule has 1 heterocycles. The molecule has 0 saturated carbocycles. The van der Waals surface area contributed by atoms with E-state index in [-0.39, 0.29) is 0 Å². The lowest BCUT2D eigenvalue weighted by Gasteiger charge is -2.10. The molecule has 3 nitrogen and oxygen atoms in total. The summed E-state index contributed by atoms with van der Waals surface area (Å²) in [5.74, 6) is 0. The van der Waals surface area contributed by atoms with Crippen LogP contribution in [0, 0.1) is 0 Å². The summed E-state index contributed by atoms with van der Waals surface area (Å²) in [5, 5.41) is 1.26. The van der Waals surface area contributed by atoms with Crippen molar-refractivity contribution < 1.29 is 0 Å². The Morgan fingerprint density at radius 3 is 2.74 bits per heavy atom. The van der Waals surface area contributed by atoms with Gasteiger partial charge in [0, 0.05) is 30.1 Å². The lowest BCUT2D eigenvalue weighted by Crippen LogP contribution is -2.14. The molecule has 102 valence electrons. The number of hydrogen-bond donors (Lipinski definition) is 1. The third-order valence-electron chi connectivity index (χ3n) is 3.24. The molecule has 2 N–H and O–H groups in total. The minimum Gasteiger partial charge on any atom is -0.393 e. The number of aromatic nitrogens is 1. The maximum absolute atomic E-state index is 5.68. The fraction of sp³-hybridized carbons (Fsp3) is 0.400. The third kappa shape index (κ3) is 3.55. The van der Waals surface area contributed by atoms with Crippen LogP contribution in [0.1, 0.15) is 12.0 Å². The average Bonchev–Trinajstić information content (AvgIpc) is 2.67. The van der Waals surface area contributed by atoms with Gasteiger partial charge < -0.3 is 15.2 Å². The molecule has 1 aromatic heterocycles. The highest BCUT2D eigenvalue weighted by atomic mass is 32.1. The van der Waals surface area contributed by atoms with Gasteiger partial charge in [0.1, 0.15) is 0 Å². The SMILES string of the molecule is CN(C)CCCn1cc(CC(N)=S)c2ccccc21. The predicted molar refractivity (Wildman–Crippen MR) is 85.6 cm³/mol. The largest absolute Gasteiger partial charge is 0.393 e. The summed E-state index contributed by atoms with van der Waals surface area (Å²) in [7, 11) is 4.21. The molecule has 4 heteroatoms. The molecule has 0 aliphatic carbocycles. The number of nitrogens with two attached hydrogens (primary N) is 1. The van der Waals surface area contributed by atoms with Crippen LogP contribution in [0.25, 0.3) is 10.9 Å². The van der Waals surface area contributed by atoms with Crippen molar-refractivity contribution >= 4 is 28.1 Å². The topological polar surface area (TPSA) is 34.2 Å². The number of thiocarbonyl (C=S) groups is 1. The number of rotatable bonds is 6. The van der Waals surface area contributed by atoms with Gasteiger partial charge in [-0.05, 0) is 38.7 Å². The molecule has 0 unspecified atom stereocenters. The maximum Gasteiger partial charge on any atom is 0.0772 e. The van der Waals surface area contributed by atoms with E-state index in [1.165, 1.54) is 16.5 Å². The minimum atomic E-state index is 0.552. The monoisotopic (exact) mass is 275 g/mol. The van der Waals surface area contributed by atoms with E-state index in [0.29, 0.717) is 11.4 Å². The molecule has 2 aromatic rings. The van der Waals surface area contributed by atoms with Gasteiger partial charge in [-0.2, -0.15) is 0 Å². The molecule has 0 bridgehead atoms. The average molecular weight is 275 g/mol. The summed E-state index contributed by atoms with van der Waals surface area (Å²) in [6, 6.07) is 8.45. The molecule has 0 fully saturated rings. The zero-order chi connectivity index (χ0) is 13.8. The first kappa shape index (κ1) is 14.0. The highest BCUT2D eigenvalue weighted by Crippen LogP contribution is 2.22. The molecular weight excluding hydrogens is 254 g/mol. The Bertz CT molecular complexity index is 572. The van der Waals surface area contributed by atoms with Crippen molar-refractivity contribution in [2.24, 2.45) is 5.73 Å². The van der Waals surface area contributed by atoms with Gasteiger partial charge in [0.25, 0.3) is 0 Å². The van der Waals surface area contributed by atoms with E-state index in [2.05, 4.69) is 54.0 Å². The molecule has 0 spiro atoms. The van der Waals surface area contributed by atoms with Gasteiger partial charge in [-0.25, -0.2) is 0 Å². The molecule has 1 aromatic carbocycles. The fourth-order valence-electron chi connectivity index (χ4n) is 2.39. The Kier molecular flexibility index (Phi) is 4.56. The van der Waals surface area contributed by atoms with Crippen molar-refractivity contribution in [3.8, 4) is 0 Å². The van der Waals surface area contributed by atoms with Crippen LogP contribution in [0.2, 0.25) is 0 Å². The molecule has 0 saturated heterocycles. The molecule has 2 rings (SSSR count). The van der Waals surface area contributed by atoms with Crippen molar-refractivity contribution in [2.45, 2.75) is 19.4 Å². The van der Waals surface area contributed by atoms with Gasteiger partial charge in [-0.3, -0.25) is 0 Å². The Morgan fingerprint density at radius 2 is 2.05 bits per heavy atom. The third-order valence-corrected chi connectivity index (χ3v) is 3.38. The van der Waals surface area contributed by atoms with E-state index in [1.54, 1.807) is 0 Å². The molecule has 0 amide bonds. The summed E-state index contributed by atoms with van der Waals surface area (Å²) in [6.45, 7) is 2.12. The number of benzene rings is 1. The number of hydrogen-bond acceptors (Lipinski definition) is 2. The van der Waals surface area contributed by atoms with E-state index in [4.69, 9.17) is 18.0 Å². The lowest BCUT2D eigenvalue weighted by molar-refractivity contribution is 0.388. The Balaban J connectivity index is 2.25. The van der Waals surface area contributed by atoms with E-state index in [9.17, 15) is 0 Å². The van der Waals surface area contributed by atoms with E-state index in [0.717, 1.165) is 19.5 Å². The van der Waals surface area contributed by atoms with E-state index >= 15 is 0 Å². The van der Waals surface area contributed by atoms with Crippen LogP contribution < -0.4 is 5.73 Å². The quantitative estimate of drug-likeness (QED) is 0.822. The Labute approximate surface area is 120 Å². The zero-order valence-electron chi connectivity index (χ0n) is 11.6. The summed E-state index contributed by atoms with van der Waals surface area (Å²) in [5.41, 5.74) is 8.18. The van der Waals surface area contributed by atoms with Gasteiger partial charge >= 0.3 is 0 Å². The number of para-hydroxylation sites is 1. The minimum absolute atomic E-state index is 0.552. The normalized spacial score (nSPS) is 11.3. The van der Waals surface area contributed by atoms with Crippen LogP contribution in [0.15, 0.2) is 30.5 Å². The maximum atomic E-state index is 5.68. The second-order valence-corrected chi connectivity index (χ2v) is 5.69. The second-order valence-electron chi connectivity index (χ2n) is 5.16. The highest BCUT2D eigenvalue weighted by Gasteiger charge is 2.08. The van der Waals surface area contributed by atoms with Crippen LogP contribution in [0.3, 0.4) is 0 Å². The smallest absolute Gasteiger partial charge is 0.0772 e. The summed E-state index contributed by atoms with van der Waals surface area (Å²) >= 11 is 5.03. The number of aryl methyl sites for hydroxylation is 1. The van der Waals surface area contributed by atoms with E-state index in [1.807, 2.05) is 0 Å². The molecular formula is C15H21N3S. The van der Waals surface area contributed by atoms with Gasteiger partial charge in [0.15, 0.2) is 0 Å². The standard InChI is InChI=1S/C15H21N3S/c1-17(2)8-5-9-18-11-12(10-15(16)19)13-6-3-4-7-14(13)18/h3-4,6-7,11H,5,8-10H2,1-2H3,(H2,16,19). The van der Waals surface area contributed by atoms with Gasteiger partial charge in [0.05, 0.1) is 4.99 Å². The van der Waals surface area contributed by atoms with Gasteiger partial charge in [-0.1, -0.05) is 30.4 Å². The van der Waals surface area contributed by atoms with Crippen LogP contribution >= 0.6 is 12.2 Å². The van der Waals surface area contributed by atoms with Crippen LogP contribution in [-0.4, -0.2) is 35.1 Å². The highest BCUT2D eigenvalue weighted by molar-refractivity contribution is 7.80. The van der Waals surface area contributed by atoms with Gasteiger partial charge in [0.2, 0.25) is 0 Å². The first-order chi connectivity index (χ1) is 9.08. The lowest BCUT2D eigenvalue weighted by atomic mass is 10.1. The van der Waals surface area contributed by atoms with Crippen molar-refractivity contribution in [3.05, 3.63) is 36.0 Å². The van der Waals surface area contributed by atoms with Crippen molar-refractivity contribution in [3.63, 3.8) is 0 Å². The van der Waals surface area contributed by atoms with Crippen LogP contribution in [0.4, 0.5) is 0 Å². The fourth-order valence-corrected chi connectivity index (χ4v) is 2.55. The predicted octanol–water partition coefficient (Wildman–Crippen LogP) is 2.42. The molecule has 19 heavy (non-hydrogen) atoms. The van der Waals surface area contributed by atoms with Crippen molar-refractivity contribution in [1.82, 2.24) is 9.47 Å². The number of fused-ring (bicyclic) bond motifs is 1. The summed E-state index contributed by atoms with van der Waals surface area (Å²) < 4.78 is 2.31. The van der Waals surface area contributed by atoms with E-state index < -0.39 is 0 Å². The Morgan fingerprint density at radius 1 is 1.32 bits per heavy atom. The molecule has 0 atom stereocenters. The summed E-state index contributed by atoms with van der Waals surface area (Å²) in [6.07, 6.45) is 4.01. The molecule has 0 aliphatic heterocycles. The second kappa shape index (κ2) is 6.17.